The molecular weight excluding hydrogens is 288 g/mol. The van der Waals surface area contributed by atoms with Crippen molar-refractivity contribution in [1.82, 2.24) is 4.72 Å². The molecule has 2 unspecified atom stereocenters. The van der Waals surface area contributed by atoms with Crippen molar-refractivity contribution in [2.75, 3.05) is 6.54 Å². The van der Waals surface area contributed by atoms with Crippen molar-refractivity contribution < 1.29 is 13.5 Å². The van der Waals surface area contributed by atoms with Crippen molar-refractivity contribution in [1.29, 1.82) is 0 Å². The molecular formula is C15H20N2O3S. The summed E-state index contributed by atoms with van der Waals surface area (Å²) in [5.41, 5.74) is 5.75. The predicted octanol–water partition coefficient (Wildman–Crippen LogP) is 0.579. The summed E-state index contributed by atoms with van der Waals surface area (Å²) in [6.07, 6.45) is 2.49. The third-order valence-electron chi connectivity index (χ3n) is 3.54. The van der Waals surface area contributed by atoms with Gasteiger partial charge in [-0.2, -0.15) is 0 Å². The maximum atomic E-state index is 12.5. The maximum absolute atomic E-state index is 12.5. The molecule has 1 aromatic carbocycles. The predicted molar refractivity (Wildman–Crippen MR) is 81.0 cm³/mol. The molecule has 0 aromatic heterocycles. The second-order valence-corrected chi connectivity index (χ2v) is 6.76. The second-order valence-electron chi connectivity index (χ2n) is 5.08. The molecule has 0 radical (unpaired) electrons. The molecule has 0 bridgehead atoms. The molecule has 4 N–H and O–H groups in total. The smallest absolute Gasteiger partial charge is 0.242 e. The van der Waals surface area contributed by atoms with Gasteiger partial charge in [0.05, 0.1) is 17.5 Å². The topological polar surface area (TPSA) is 92.4 Å². The van der Waals surface area contributed by atoms with E-state index in [1.54, 1.807) is 18.2 Å². The number of hydrogen-bond donors (Lipinski definition) is 3. The average Bonchev–Trinajstić information content (AvgIpc) is 2.47. The van der Waals surface area contributed by atoms with E-state index in [9.17, 15) is 13.5 Å². The first-order chi connectivity index (χ1) is 10.0. The van der Waals surface area contributed by atoms with Gasteiger partial charge in [0.2, 0.25) is 10.0 Å². The number of benzene rings is 1. The quantitative estimate of drug-likeness (QED) is 0.712. The Morgan fingerprint density at radius 1 is 1.29 bits per heavy atom. The minimum atomic E-state index is -3.71. The van der Waals surface area contributed by atoms with Crippen LogP contribution in [-0.4, -0.2) is 32.2 Å². The molecule has 0 amide bonds. The van der Waals surface area contributed by atoms with E-state index >= 15 is 0 Å². The van der Waals surface area contributed by atoms with Crippen molar-refractivity contribution >= 4 is 10.0 Å². The molecule has 0 heterocycles. The molecule has 2 atom stereocenters. The van der Waals surface area contributed by atoms with Gasteiger partial charge in [-0.05, 0) is 25.0 Å². The van der Waals surface area contributed by atoms with E-state index in [0.717, 1.165) is 12.8 Å². The molecule has 6 heteroatoms. The summed E-state index contributed by atoms with van der Waals surface area (Å²) < 4.78 is 27.6. The summed E-state index contributed by atoms with van der Waals surface area (Å²) in [4.78, 5) is 0.128. The van der Waals surface area contributed by atoms with E-state index in [0.29, 0.717) is 18.4 Å². The van der Waals surface area contributed by atoms with Crippen LogP contribution in [-0.2, 0) is 10.0 Å². The fourth-order valence-electron chi connectivity index (χ4n) is 2.46. The lowest BCUT2D eigenvalue weighted by molar-refractivity contribution is 0.101. The van der Waals surface area contributed by atoms with E-state index < -0.39 is 22.2 Å². The van der Waals surface area contributed by atoms with Crippen molar-refractivity contribution in [2.45, 2.75) is 42.7 Å². The Balaban J connectivity index is 2.27. The molecule has 0 aliphatic heterocycles. The summed E-state index contributed by atoms with van der Waals surface area (Å²) in [5.74, 6) is 5.44. The third-order valence-corrected chi connectivity index (χ3v) is 5.09. The zero-order chi connectivity index (χ0) is 15.3. The number of aliphatic hydroxyl groups is 1. The van der Waals surface area contributed by atoms with E-state index in [1.165, 1.54) is 6.07 Å². The van der Waals surface area contributed by atoms with Gasteiger partial charge in [0.15, 0.2) is 0 Å². The number of rotatable bonds is 3. The summed E-state index contributed by atoms with van der Waals surface area (Å²) in [6.45, 7) is 0.170. The molecule has 1 saturated carbocycles. The largest absolute Gasteiger partial charge is 0.391 e. The summed E-state index contributed by atoms with van der Waals surface area (Å²) in [7, 11) is -3.71. The lowest BCUT2D eigenvalue weighted by atomic mass is 9.93. The van der Waals surface area contributed by atoms with Gasteiger partial charge in [-0.25, -0.2) is 13.1 Å². The molecule has 1 aliphatic rings. The molecule has 5 nitrogen and oxygen atoms in total. The first kappa shape index (κ1) is 16.0. The van der Waals surface area contributed by atoms with Crippen molar-refractivity contribution in [3.05, 3.63) is 29.8 Å². The van der Waals surface area contributed by atoms with Crippen molar-refractivity contribution in [2.24, 2.45) is 5.73 Å². The van der Waals surface area contributed by atoms with Crippen molar-refractivity contribution in [3.63, 3.8) is 0 Å². The molecule has 1 aromatic rings. The Morgan fingerprint density at radius 2 is 2.00 bits per heavy atom. The molecule has 1 fully saturated rings. The molecule has 21 heavy (non-hydrogen) atoms. The minimum Gasteiger partial charge on any atom is -0.391 e. The minimum absolute atomic E-state index is 0.128. The van der Waals surface area contributed by atoms with Crippen LogP contribution in [0.3, 0.4) is 0 Å². The Hall–Kier alpha value is -1.39. The van der Waals surface area contributed by atoms with Crippen LogP contribution in [0.15, 0.2) is 29.2 Å². The molecule has 0 spiro atoms. The average molecular weight is 308 g/mol. The van der Waals surface area contributed by atoms with Gasteiger partial charge in [-0.3, -0.25) is 0 Å². The first-order valence-corrected chi connectivity index (χ1v) is 8.51. The Kier molecular flexibility index (Phi) is 5.37. The molecule has 2 rings (SSSR count). The maximum Gasteiger partial charge on any atom is 0.242 e. The van der Waals surface area contributed by atoms with Gasteiger partial charge < -0.3 is 10.8 Å². The monoisotopic (exact) mass is 308 g/mol. The van der Waals surface area contributed by atoms with Gasteiger partial charge in [0.25, 0.3) is 0 Å². The highest BCUT2D eigenvalue weighted by Crippen LogP contribution is 2.21. The Labute approximate surface area is 125 Å². The summed E-state index contributed by atoms with van der Waals surface area (Å²) >= 11 is 0. The van der Waals surface area contributed by atoms with Crippen LogP contribution < -0.4 is 10.5 Å². The van der Waals surface area contributed by atoms with Gasteiger partial charge in [-0.15, -0.1) is 0 Å². The second kappa shape index (κ2) is 7.05. The van der Waals surface area contributed by atoms with Crippen molar-refractivity contribution in [3.8, 4) is 11.8 Å². The highest BCUT2D eigenvalue weighted by Gasteiger charge is 2.28. The zero-order valence-electron chi connectivity index (χ0n) is 11.7. The van der Waals surface area contributed by atoms with E-state index in [4.69, 9.17) is 5.73 Å². The number of sulfonamides is 1. The molecule has 114 valence electrons. The summed E-state index contributed by atoms with van der Waals surface area (Å²) in [6, 6.07) is 6.11. The number of aliphatic hydroxyl groups excluding tert-OH is 1. The van der Waals surface area contributed by atoms with Gasteiger partial charge >= 0.3 is 0 Å². The number of nitrogens with two attached hydrogens (primary N) is 1. The van der Waals surface area contributed by atoms with Crippen LogP contribution in [0.4, 0.5) is 0 Å². The van der Waals surface area contributed by atoms with Crippen LogP contribution in [0.25, 0.3) is 0 Å². The zero-order valence-corrected chi connectivity index (χ0v) is 12.6. The first-order valence-electron chi connectivity index (χ1n) is 7.03. The van der Waals surface area contributed by atoms with E-state index in [2.05, 4.69) is 16.6 Å². The van der Waals surface area contributed by atoms with Gasteiger partial charge in [0, 0.05) is 11.6 Å². The van der Waals surface area contributed by atoms with E-state index in [-0.39, 0.29) is 11.4 Å². The Bertz CT molecular complexity index is 646. The van der Waals surface area contributed by atoms with Crippen LogP contribution >= 0.6 is 0 Å². The lowest BCUT2D eigenvalue weighted by Crippen LogP contribution is -2.45. The highest BCUT2D eigenvalue weighted by atomic mass is 32.2. The SMILES string of the molecule is NCC#Cc1ccccc1S(=O)(=O)NC1CCCCC1O. The highest BCUT2D eigenvalue weighted by molar-refractivity contribution is 7.89. The summed E-state index contributed by atoms with van der Waals surface area (Å²) in [5, 5.41) is 9.92. The van der Waals surface area contributed by atoms with E-state index in [1.807, 2.05) is 0 Å². The fourth-order valence-corrected chi connectivity index (χ4v) is 3.93. The normalized spacial score (nSPS) is 22.4. The van der Waals surface area contributed by atoms with Crippen LogP contribution in [0.2, 0.25) is 0 Å². The van der Waals surface area contributed by atoms with Gasteiger partial charge in [-0.1, -0.05) is 36.8 Å². The molecule has 0 saturated heterocycles. The van der Waals surface area contributed by atoms with Gasteiger partial charge in [0.1, 0.15) is 0 Å². The number of hydrogen-bond acceptors (Lipinski definition) is 4. The van der Waals surface area contributed by atoms with Crippen LogP contribution in [0.5, 0.6) is 0 Å². The molecule has 1 aliphatic carbocycles. The number of nitrogens with one attached hydrogen (secondary N) is 1. The fraction of sp³-hybridized carbons (Fsp3) is 0.467. The standard InChI is InChI=1S/C15H20N2O3S/c16-11-5-7-12-6-1-4-10-15(12)21(19,20)17-13-8-2-3-9-14(13)18/h1,4,6,10,13-14,17-18H,2-3,8-9,11,16H2. The Morgan fingerprint density at radius 3 is 2.71 bits per heavy atom. The van der Waals surface area contributed by atoms with Crippen LogP contribution in [0, 0.1) is 11.8 Å². The lowest BCUT2D eigenvalue weighted by Gasteiger charge is -2.28. The van der Waals surface area contributed by atoms with Crippen LogP contribution in [0.1, 0.15) is 31.2 Å². The third kappa shape index (κ3) is 4.05.